The number of hydrogen-bond donors (Lipinski definition) is 3. The Morgan fingerprint density at radius 3 is 2.58 bits per heavy atom. The van der Waals surface area contributed by atoms with Gasteiger partial charge in [-0.25, -0.2) is 4.79 Å². The minimum atomic E-state index is -0.863. The van der Waals surface area contributed by atoms with Crippen LogP contribution in [0.15, 0.2) is 53.7 Å². The zero-order valence-electron chi connectivity index (χ0n) is 23.2. The quantitative estimate of drug-likeness (QED) is 0.472. The fourth-order valence-corrected chi connectivity index (χ4v) is 6.02. The van der Waals surface area contributed by atoms with E-state index in [1.54, 1.807) is 11.1 Å². The minimum absolute atomic E-state index is 0.0862. The van der Waals surface area contributed by atoms with Crippen molar-refractivity contribution >= 4 is 34.6 Å². The molecule has 1 saturated heterocycles. The van der Waals surface area contributed by atoms with Crippen LogP contribution in [-0.4, -0.2) is 74.9 Å². The molecule has 40 heavy (non-hydrogen) atoms. The summed E-state index contributed by atoms with van der Waals surface area (Å²) in [5, 5.41) is 14.2. The molecule has 1 spiro atoms. The van der Waals surface area contributed by atoms with Gasteiger partial charge in [0.25, 0.3) is 5.91 Å². The highest BCUT2D eigenvalue weighted by molar-refractivity contribution is 6.15. The molecule has 2 aromatic carbocycles. The van der Waals surface area contributed by atoms with E-state index < -0.39 is 11.6 Å². The summed E-state index contributed by atoms with van der Waals surface area (Å²) < 4.78 is 0. The smallest absolute Gasteiger partial charge is 0.318 e. The number of amides is 4. The molecular formula is C30H35N7O3. The second-order valence-electron chi connectivity index (χ2n) is 12.3. The number of piperidine rings is 1. The molecule has 0 aliphatic carbocycles. The van der Waals surface area contributed by atoms with Crippen LogP contribution in [0.4, 0.5) is 4.79 Å². The van der Waals surface area contributed by atoms with Gasteiger partial charge in [-0.3, -0.25) is 19.7 Å². The van der Waals surface area contributed by atoms with E-state index in [0.29, 0.717) is 51.3 Å². The van der Waals surface area contributed by atoms with Crippen LogP contribution in [0.3, 0.4) is 0 Å². The lowest BCUT2D eigenvalue weighted by atomic mass is 9.88. The number of nitrogens with zero attached hydrogens (tertiary/aromatic N) is 4. The Balaban J connectivity index is 1.18. The lowest BCUT2D eigenvalue weighted by molar-refractivity contribution is -0.134. The number of urea groups is 1. The molecule has 0 saturated carbocycles. The first-order chi connectivity index (χ1) is 19.1. The number of hydrogen-bond acceptors (Lipinski definition) is 5. The standard InChI is InChI=1S/C30H35N7O3/c1-29(2,3)18-37-17-22-20(9-10-23-21(22)16-31-35-23)15-24(26(37)38)32-28(40)36-13-11-30(12-14-36)27(39)33-25(34-30)19-7-5-4-6-8-19/h4-10,16,24H,11-15,17-18H2,1-3H3,(H,31,35)(H,32,40)(H,33,34,39). The first kappa shape index (κ1) is 26.0. The number of rotatable bonds is 3. The largest absolute Gasteiger partial charge is 0.336 e. The van der Waals surface area contributed by atoms with Gasteiger partial charge in [0.05, 0.1) is 11.7 Å². The zero-order chi connectivity index (χ0) is 28.1. The van der Waals surface area contributed by atoms with Gasteiger partial charge < -0.3 is 20.4 Å². The van der Waals surface area contributed by atoms with Gasteiger partial charge in [0.2, 0.25) is 5.91 Å². The van der Waals surface area contributed by atoms with E-state index in [0.717, 1.165) is 27.6 Å². The van der Waals surface area contributed by atoms with Crippen LogP contribution >= 0.6 is 0 Å². The minimum Gasteiger partial charge on any atom is -0.336 e. The molecule has 3 aliphatic heterocycles. The fraction of sp³-hybridized carbons (Fsp3) is 0.433. The number of aromatic nitrogens is 2. The molecule has 10 heteroatoms. The van der Waals surface area contributed by atoms with Gasteiger partial charge in [0.1, 0.15) is 17.4 Å². The highest BCUT2D eigenvalue weighted by Crippen LogP contribution is 2.32. The predicted molar refractivity (Wildman–Crippen MR) is 152 cm³/mol. The molecule has 3 aromatic rings. The third kappa shape index (κ3) is 4.82. The maximum Gasteiger partial charge on any atom is 0.318 e. The monoisotopic (exact) mass is 541 g/mol. The van der Waals surface area contributed by atoms with Crippen molar-refractivity contribution in [3.05, 3.63) is 65.4 Å². The average molecular weight is 542 g/mol. The Hall–Kier alpha value is -4.21. The Labute approximate surface area is 233 Å². The van der Waals surface area contributed by atoms with Gasteiger partial charge in [0.15, 0.2) is 0 Å². The van der Waals surface area contributed by atoms with E-state index in [4.69, 9.17) is 4.99 Å². The molecule has 208 valence electrons. The number of likely N-dealkylation sites (tertiary alicyclic amines) is 1. The molecule has 0 bridgehead atoms. The molecule has 1 atom stereocenters. The molecule has 3 N–H and O–H groups in total. The number of nitrogens with one attached hydrogen (secondary N) is 3. The van der Waals surface area contributed by atoms with Gasteiger partial charge in [0, 0.05) is 43.5 Å². The Kier molecular flexibility index (Phi) is 6.35. The van der Waals surface area contributed by atoms with Crippen molar-refractivity contribution in [2.75, 3.05) is 19.6 Å². The summed E-state index contributed by atoms with van der Waals surface area (Å²) in [4.78, 5) is 48.5. The molecule has 6 rings (SSSR count). The molecular weight excluding hydrogens is 506 g/mol. The third-order valence-electron chi connectivity index (χ3n) is 8.08. The molecule has 1 unspecified atom stereocenters. The Bertz CT molecular complexity index is 1500. The van der Waals surface area contributed by atoms with Crippen LogP contribution < -0.4 is 10.6 Å². The van der Waals surface area contributed by atoms with Crippen LogP contribution in [0.25, 0.3) is 10.9 Å². The summed E-state index contributed by atoms with van der Waals surface area (Å²) in [5.74, 6) is 0.374. The number of benzene rings is 2. The van der Waals surface area contributed by atoms with Crippen molar-refractivity contribution in [3.8, 4) is 0 Å². The van der Waals surface area contributed by atoms with Crippen molar-refractivity contribution in [2.45, 2.75) is 58.2 Å². The van der Waals surface area contributed by atoms with E-state index in [1.807, 2.05) is 47.4 Å². The van der Waals surface area contributed by atoms with E-state index in [2.05, 4.69) is 41.6 Å². The van der Waals surface area contributed by atoms with Gasteiger partial charge in [-0.1, -0.05) is 57.2 Å². The lowest BCUT2D eigenvalue weighted by Gasteiger charge is -2.36. The Morgan fingerprint density at radius 1 is 1.10 bits per heavy atom. The second-order valence-corrected chi connectivity index (χ2v) is 12.3. The summed E-state index contributed by atoms with van der Waals surface area (Å²) in [5.41, 5.74) is 2.93. The number of carbonyl (C=O) groups excluding carboxylic acids is 3. The summed E-state index contributed by atoms with van der Waals surface area (Å²) in [6, 6.07) is 12.6. The zero-order valence-corrected chi connectivity index (χ0v) is 23.2. The van der Waals surface area contributed by atoms with Crippen LogP contribution in [0.2, 0.25) is 0 Å². The number of aliphatic imine (C=N–C) groups is 1. The van der Waals surface area contributed by atoms with E-state index in [-0.39, 0.29) is 23.3 Å². The summed E-state index contributed by atoms with van der Waals surface area (Å²) in [7, 11) is 0. The number of fused-ring (bicyclic) bond motifs is 3. The summed E-state index contributed by atoms with van der Waals surface area (Å²) in [6.07, 6.45) is 3.07. The summed E-state index contributed by atoms with van der Waals surface area (Å²) >= 11 is 0. The van der Waals surface area contributed by atoms with Gasteiger partial charge in [-0.05, 0) is 35.4 Å². The number of aromatic amines is 1. The normalized spacial score (nSPS) is 20.8. The molecule has 4 amide bonds. The maximum atomic E-state index is 13.8. The topological polar surface area (TPSA) is 123 Å². The number of carbonyl (C=O) groups is 3. The highest BCUT2D eigenvalue weighted by atomic mass is 16.2. The van der Waals surface area contributed by atoms with Crippen LogP contribution in [0, 0.1) is 5.41 Å². The van der Waals surface area contributed by atoms with Crippen LogP contribution in [-0.2, 0) is 22.6 Å². The molecule has 10 nitrogen and oxygen atoms in total. The molecule has 0 radical (unpaired) electrons. The van der Waals surface area contributed by atoms with Crippen molar-refractivity contribution in [3.63, 3.8) is 0 Å². The predicted octanol–water partition coefficient (Wildman–Crippen LogP) is 2.98. The highest BCUT2D eigenvalue weighted by Gasteiger charge is 2.47. The molecule has 3 aliphatic rings. The van der Waals surface area contributed by atoms with Crippen molar-refractivity contribution < 1.29 is 14.4 Å². The van der Waals surface area contributed by atoms with Crippen LogP contribution in [0.5, 0.6) is 0 Å². The van der Waals surface area contributed by atoms with Crippen molar-refractivity contribution in [1.82, 2.24) is 30.6 Å². The average Bonchev–Trinajstić information content (AvgIpc) is 3.50. The number of H-pyrrole nitrogens is 1. The summed E-state index contributed by atoms with van der Waals surface area (Å²) in [6.45, 7) is 8.10. The lowest BCUT2D eigenvalue weighted by Crippen LogP contribution is -2.56. The Morgan fingerprint density at radius 2 is 1.85 bits per heavy atom. The SMILES string of the molecule is CC(C)(C)CN1Cc2c(ccc3[nH]ncc23)CC(NC(=O)N2CCC3(CC2)N=C(c2ccccc2)NC3=O)C1=O. The van der Waals surface area contributed by atoms with Gasteiger partial charge >= 0.3 is 6.03 Å². The number of amidine groups is 1. The molecule has 4 heterocycles. The van der Waals surface area contributed by atoms with Crippen molar-refractivity contribution in [2.24, 2.45) is 10.4 Å². The van der Waals surface area contributed by atoms with Gasteiger partial charge in [-0.15, -0.1) is 0 Å². The fourth-order valence-electron chi connectivity index (χ4n) is 6.02. The molecule has 1 aromatic heterocycles. The first-order valence-corrected chi connectivity index (χ1v) is 13.9. The van der Waals surface area contributed by atoms with E-state index in [1.165, 1.54) is 0 Å². The first-order valence-electron chi connectivity index (χ1n) is 13.9. The van der Waals surface area contributed by atoms with E-state index in [9.17, 15) is 14.4 Å². The van der Waals surface area contributed by atoms with E-state index >= 15 is 0 Å². The van der Waals surface area contributed by atoms with Gasteiger partial charge in [-0.2, -0.15) is 5.10 Å². The maximum absolute atomic E-state index is 13.8. The second kappa shape index (κ2) is 9.76. The van der Waals surface area contributed by atoms with Crippen LogP contribution in [0.1, 0.15) is 50.3 Å². The van der Waals surface area contributed by atoms with Crippen molar-refractivity contribution in [1.29, 1.82) is 0 Å². The third-order valence-corrected chi connectivity index (χ3v) is 8.08. The molecule has 1 fully saturated rings.